The molecule has 3 heterocycles. The fraction of sp³-hybridized carbons (Fsp3) is 0. The van der Waals surface area contributed by atoms with Crippen molar-refractivity contribution in [3.8, 4) is 56.4 Å². The molecule has 0 saturated heterocycles. The van der Waals surface area contributed by atoms with Crippen molar-refractivity contribution in [2.24, 2.45) is 0 Å². The van der Waals surface area contributed by atoms with Crippen molar-refractivity contribution in [3.05, 3.63) is 164 Å². The monoisotopic (exact) mass is 662 g/mol. The van der Waals surface area contributed by atoms with E-state index in [1.807, 2.05) is 97.1 Å². The van der Waals surface area contributed by atoms with E-state index in [0.717, 1.165) is 43.1 Å². The van der Waals surface area contributed by atoms with Gasteiger partial charge in [-0.2, -0.15) is 0 Å². The minimum absolute atomic E-state index is 0.0816. The standard InChI is InChI=1S/C45H27N3OS/c1-4-13-28(14-5-1)32-25-37(29-15-6-2-7-16-29)41-38(26-32)33-24-23-31(27-39(33)49-41)44-46-43(30-17-8-3-9-18-30)47-45(48-44)36-21-12-20-35-34-19-10-11-22-40(34)50-42(35)36/h1-27H/i2D,6D,7D,15D,16D. The van der Waals surface area contributed by atoms with Crippen LogP contribution in [0.3, 0.4) is 0 Å². The SMILES string of the molecule is [2H]c1c([2H])c([2H])c(-c2cc(-c3ccccc3)cc3c2oc2cc(-c4nc(-c5ccccc5)nc(-c5cccc6c5sc5ccccc56)n4)ccc23)c([2H])c1[2H]. The van der Waals surface area contributed by atoms with Gasteiger partial charge in [0.15, 0.2) is 17.5 Å². The molecular weight excluding hydrogens is 631 g/mol. The highest BCUT2D eigenvalue weighted by Crippen LogP contribution is 2.42. The van der Waals surface area contributed by atoms with E-state index in [1.54, 1.807) is 11.3 Å². The third-order valence-corrected chi connectivity index (χ3v) is 10.2. The van der Waals surface area contributed by atoms with Crippen LogP contribution in [0.25, 0.3) is 98.5 Å². The van der Waals surface area contributed by atoms with Gasteiger partial charge in [0.1, 0.15) is 11.2 Å². The molecule has 0 saturated carbocycles. The number of rotatable bonds is 5. The molecule has 0 aliphatic rings. The Morgan fingerprint density at radius 1 is 0.460 bits per heavy atom. The maximum atomic E-state index is 8.83. The third kappa shape index (κ3) is 4.79. The first-order chi connectivity index (χ1) is 26.8. The zero-order valence-electron chi connectivity index (χ0n) is 31.4. The first-order valence-corrected chi connectivity index (χ1v) is 17.0. The zero-order chi connectivity index (χ0) is 37.4. The van der Waals surface area contributed by atoms with E-state index in [1.165, 1.54) is 10.1 Å². The normalized spacial score (nSPS) is 13.0. The van der Waals surface area contributed by atoms with Crippen LogP contribution in [-0.4, -0.2) is 15.0 Å². The van der Waals surface area contributed by atoms with Gasteiger partial charge in [-0.25, -0.2) is 15.0 Å². The molecule has 0 atom stereocenters. The number of nitrogens with zero attached hydrogens (tertiary/aromatic N) is 3. The van der Waals surface area contributed by atoms with Crippen LogP contribution < -0.4 is 0 Å². The Hall–Kier alpha value is -6.43. The average molecular weight is 663 g/mol. The minimum Gasteiger partial charge on any atom is -0.455 e. The predicted molar refractivity (Wildman–Crippen MR) is 207 cm³/mol. The summed E-state index contributed by atoms with van der Waals surface area (Å²) in [5, 5.41) is 3.89. The summed E-state index contributed by atoms with van der Waals surface area (Å²) < 4.78 is 51.6. The lowest BCUT2D eigenvalue weighted by atomic mass is 9.95. The van der Waals surface area contributed by atoms with Crippen LogP contribution in [0.2, 0.25) is 0 Å². The van der Waals surface area contributed by atoms with E-state index in [9.17, 15) is 0 Å². The fourth-order valence-corrected chi connectivity index (χ4v) is 7.86. The highest BCUT2D eigenvalue weighted by Gasteiger charge is 2.19. The Bertz CT molecular complexity index is 3130. The van der Waals surface area contributed by atoms with Crippen molar-refractivity contribution >= 4 is 53.4 Å². The summed E-state index contributed by atoms with van der Waals surface area (Å²) in [7, 11) is 0. The Morgan fingerprint density at radius 3 is 1.98 bits per heavy atom. The van der Waals surface area contributed by atoms with Gasteiger partial charge >= 0.3 is 0 Å². The second-order valence-corrected chi connectivity index (χ2v) is 13.1. The highest BCUT2D eigenvalue weighted by molar-refractivity contribution is 7.26. The molecule has 0 bridgehead atoms. The van der Waals surface area contributed by atoms with Crippen molar-refractivity contribution in [2.45, 2.75) is 0 Å². The van der Waals surface area contributed by atoms with Crippen molar-refractivity contribution in [2.75, 3.05) is 0 Å². The molecule has 10 rings (SSSR count). The maximum Gasteiger partial charge on any atom is 0.165 e. The number of fused-ring (bicyclic) bond motifs is 6. The molecule has 0 unspecified atom stereocenters. The summed E-state index contributed by atoms with van der Waals surface area (Å²) in [6.07, 6.45) is 0. The van der Waals surface area contributed by atoms with E-state index in [4.69, 9.17) is 26.2 Å². The molecule has 4 nitrogen and oxygen atoms in total. The van der Waals surface area contributed by atoms with Gasteiger partial charge in [-0.15, -0.1) is 11.3 Å². The predicted octanol–water partition coefficient (Wildman–Crippen LogP) is 12.5. The van der Waals surface area contributed by atoms with Gasteiger partial charge in [0.25, 0.3) is 0 Å². The minimum atomic E-state index is -0.446. The van der Waals surface area contributed by atoms with Gasteiger partial charge in [-0.05, 0) is 53.1 Å². The average Bonchev–Trinajstić information content (AvgIpc) is 3.81. The zero-order valence-corrected chi connectivity index (χ0v) is 27.2. The molecule has 0 fully saturated rings. The summed E-state index contributed by atoms with van der Waals surface area (Å²) in [6.45, 7) is 0. The van der Waals surface area contributed by atoms with Gasteiger partial charge in [0.2, 0.25) is 0 Å². The van der Waals surface area contributed by atoms with Crippen LogP contribution in [0.5, 0.6) is 0 Å². The molecule has 10 aromatic rings. The van der Waals surface area contributed by atoms with E-state index in [2.05, 4.69) is 36.4 Å². The molecule has 0 spiro atoms. The fourth-order valence-electron chi connectivity index (χ4n) is 6.65. The molecule has 0 aliphatic heterocycles. The second-order valence-electron chi connectivity index (χ2n) is 12.0. The summed E-state index contributed by atoms with van der Waals surface area (Å²) in [5.41, 5.74) is 5.69. The van der Waals surface area contributed by atoms with Gasteiger partial charge in [0.05, 0.1) is 6.85 Å². The first-order valence-electron chi connectivity index (χ1n) is 18.7. The van der Waals surface area contributed by atoms with Crippen molar-refractivity contribution in [1.29, 1.82) is 0 Å². The largest absolute Gasteiger partial charge is 0.455 e. The summed E-state index contributed by atoms with van der Waals surface area (Å²) in [4.78, 5) is 15.1. The Kier molecular flexibility index (Phi) is 5.54. The van der Waals surface area contributed by atoms with E-state index >= 15 is 0 Å². The lowest BCUT2D eigenvalue weighted by Crippen LogP contribution is -2.00. The Morgan fingerprint density at radius 2 is 1.16 bits per heavy atom. The molecule has 0 radical (unpaired) electrons. The number of hydrogen-bond acceptors (Lipinski definition) is 5. The highest BCUT2D eigenvalue weighted by atomic mass is 32.1. The number of aromatic nitrogens is 3. The van der Waals surface area contributed by atoms with E-state index in [-0.39, 0.29) is 17.6 Å². The Labute approximate surface area is 299 Å². The molecule has 0 amide bonds. The van der Waals surface area contributed by atoms with Crippen LogP contribution in [0, 0.1) is 0 Å². The van der Waals surface area contributed by atoms with Gasteiger partial charge in [0, 0.05) is 53.2 Å². The molecule has 234 valence electrons. The van der Waals surface area contributed by atoms with E-state index in [0.29, 0.717) is 39.8 Å². The van der Waals surface area contributed by atoms with E-state index < -0.39 is 18.1 Å². The van der Waals surface area contributed by atoms with Crippen LogP contribution in [0.4, 0.5) is 0 Å². The summed E-state index contributed by atoms with van der Waals surface area (Å²) in [6, 6.07) is 42.1. The summed E-state index contributed by atoms with van der Waals surface area (Å²) >= 11 is 1.72. The van der Waals surface area contributed by atoms with Crippen molar-refractivity contribution in [3.63, 3.8) is 0 Å². The molecule has 5 heteroatoms. The topological polar surface area (TPSA) is 51.8 Å². The molecule has 3 aromatic heterocycles. The molecule has 0 aliphatic carbocycles. The van der Waals surface area contributed by atoms with Crippen LogP contribution in [0.15, 0.2) is 168 Å². The quantitative estimate of drug-likeness (QED) is 0.184. The summed E-state index contributed by atoms with van der Waals surface area (Å²) in [5.74, 6) is 1.57. The van der Waals surface area contributed by atoms with Crippen LogP contribution >= 0.6 is 11.3 Å². The van der Waals surface area contributed by atoms with Crippen LogP contribution in [0.1, 0.15) is 6.85 Å². The number of thiophene rings is 1. The van der Waals surface area contributed by atoms with Gasteiger partial charge in [-0.3, -0.25) is 0 Å². The smallest absolute Gasteiger partial charge is 0.165 e. The number of benzene rings is 7. The lowest BCUT2D eigenvalue weighted by Gasteiger charge is -2.09. The second kappa shape index (κ2) is 11.6. The molecule has 50 heavy (non-hydrogen) atoms. The van der Waals surface area contributed by atoms with Crippen molar-refractivity contribution in [1.82, 2.24) is 15.0 Å². The van der Waals surface area contributed by atoms with Gasteiger partial charge < -0.3 is 4.42 Å². The number of hydrogen-bond donors (Lipinski definition) is 0. The van der Waals surface area contributed by atoms with Gasteiger partial charge in [-0.1, -0.05) is 127 Å². The number of furan rings is 1. The Balaban J connectivity index is 1.20. The molecule has 0 N–H and O–H groups in total. The third-order valence-electron chi connectivity index (χ3n) is 9.02. The lowest BCUT2D eigenvalue weighted by molar-refractivity contribution is 0.670. The first kappa shape index (κ1) is 23.8. The molecular formula is C45H27N3OS. The molecule has 7 aromatic carbocycles. The van der Waals surface area contributed by atoms with Crippen molar-refractivity contribution < 1.29 is 11.3 Å². The van der Waals surface area contributed by atoms with Crippen LogP contribution in [-0.2, 0) is 0 Å². The maximum absolute atomic E-state index is 8.83.